The smallest absolute Gasteiger partial charge is 0.271 e. The zero-order valence-electron chi connectivity index (χ0n) is 9.90. The lowest BCUT2D eigenvalue weighted by Crippen LogP contribution is -2.25. The lowest BCUT2D eigenvalue weighted by atomic mass is 10.4. The molecule has 0 unspecified atom stereocenters. The van der Waals surface area contributed by atoms with E-state index in [2.05, 4.69) is 10.3 Å². The first-order valence-electron chi connectivity index (χ1n) is 5.43. The van der Waals surface area contributed by atoms with Gasteiger partial charge in [0.15, 0.2) is 4.96 Å². The van der Waals surface area contributed by atoms with Crippen LogP contribution in [-0.4, -0.2) is 35.6 Å². The molecule has 5 nitrogen and oxygen atoms in total. The highest BCUT2D eigenvalue weighted by Gasteiger charge is 2.11. The van der Waals surface area contributed by atoms with Crippen LogP contribution in [0.5, 0.6) is 0 Å². The van der Waals surface area contributed by atoms with Crippen LogP contribution in [0.25, 0.3) is 4.96 Å². The standard InChI is InChI=1S/C11H15N3O2S/c1-8-6-14-7-9(13-11(14)17-8)10(15)12-4-3-5-16-2/h6-7H,3-5H2,1-2H3,(H,12,15). The van der Waals surface area contributed by atoms with E-state index in [4.69, 9.17) is 4.74 Å². The number of fused-ring (bicyclic) bond motifs is 1. The van der Waals surface area contributed by atoms with Crippen molar-refractivity contribution < 1.29 is 9.53 Å². The SMILES string of the molecule is COCCCNC(=O)c1cn2cc(C)sc2n1. The summed E-state index contributed by atoms with van der Waals surface area (Å²) >= 11 is 1.57. The van der Waals surface area contributed by atoms with E-state index in [1.165, 1.54) is 4.88 Å². The monoisotopic (exact) mass is 253 g/mol. The van der Waals surface area contributed by atoms with E-state index in [1.807, 2.05) is 17.5 Å². The van der Waals surface area contributed by atoms with E-state index >= 15 is 0 Å². The zero-order chi connectivity index (χ0) is 12.3. The number of carbonyl (C=O) groups excluding carboxylic acids is 1. The van der Waals surface area contributed by atoms with Crippen LogP contribution < -0.4 is 5.32 Å². The summed E-state index contributed by atoms with van der Waals surface area (Å²) in [6.07, 6.45) is 4.53. The van der Waals surface area contributed by atoms with Crippen molar-refractivity contribution in [3.05, 3.63) is 23.0 Å². The van der Waals surface area contributed by atoms with Crippen molar-refractivity contribution in [2.24, 2.45) is 0 Å². The first kappa shape index (κ1) is 12.1. The van der Waals surface area contributed by atoms with Crippen LogP contribution in [0.15, 0.2) is 12.4 Å². The van der Waals surface area contributed by atoms with Gasteiger partial charge in [-0.25, -0.2) is 4.98 Å². The number of hydrogen-bond acceptors (Lipinski definition) is 4. The maximum Gasteiger partial charge on any atom is 0.271 e. The highest BCUT2D eigenvalue weighted by atomic mass is 32.1. The zero-order valence-corrected chi connectivity index (χ0v) is 10.7. The fourth-order valence-electron chi connectivity index (χ4n) is 1.53. The van der Waals surface area contributed by atoms with Gasteiger partial charge in [0.25, 0.3) is 5.91 Å². The molecule has 0 fully saturated rings. The largest absolute Gasteiger partial charge is 0.385 e. The third kappa shape index (κ3) is 2.83. The van der Waals surface area contributed by atoms with Crippen LogP contribution in [0.3, 0.4) is 0 Å². The molecule has 6 heteroatoms. The van der Waals surface area contributed by atoms with Gasteiger partial charge < -0.3 is 10.1 Å². The van der Waals surface area contributed by atoms with E-state index in [-0.39, 0.29) is 5.91 Å². The first-order valence-corrected chi connectivity index (χ1v) is 6.24. The second-order valence-corrected chi connectivity index (χ2v) is 4.97. The molecule has 0 aliphatic carbocycles. The van der Waals surface area contributed by atoms with E-state index in [0.29, 0.717) is 18.8 Å². The van der Waals surface area contributed by atoms with E-state index in [9.17, 15) is 4.79 Å². The number of nitrogens with one attached hydrogen (secondary N) is 1. The number of rotatable bonds is 5. The van der Waals surface area contributed by atoms with Crippen LogP contribution in [0, 0.1) is 6.92 Å². The van der Waals surface area contributed by atoms with E-state index < -0.39 is 0 Å². The molecule has 0 bridgehead atoms. The number of carbonyl (C=O) groups is 1. The van der Waals surface area contributed by atoms with Gasteiger partial charge in [-0.15, -0.1) is 11.3 Å². The van der Waals surface area contributed by atoms with Gasteiger partial charge in [0.1, 0.15) is 5.69 Å². The van der Waals surface area contributed by atoms with Crippen LogP contribution in [0.4, 0.5) is 0 Å². The average molecular weight is 253 g/mol. The fourth-order valence-corrected chi connectivity index (χ4v) is 2.34. The third-order valence-corrected chi connectivity index (χ3v) is 3.23. The molecule has 0 saturated heterocycles. The molecule has 0 spiro atoms. The van der Waals surface area contributed by atoms with Crippen LogP contribution in [0.2, 0.25) is 0 Å². The van der Waals surface area contributed by atoms with Gasteiger partial charge in [0.05, 0.1) is 0 Å². The molecule has 0 aliphatic heterocycles. The quantitative estimate of drug-likeness (QED) is 0.821. The molecule has 1 amide bonds. The van der Waals surface area contributed by atoms with Gasteiger partial charge in [-0.1, -0.05) is 0 Å². The Bertz CT molecular complexity index is 486. The summed E-state index contributed by atoms with van der Waals surface area (Å²) in [5, 5.41) is 2.81. The Morgan fingerprint density at radius 3 is 3.12 bits per heavy atom. The minimum absolute atomic E-state index is 0.130. The predicted molar refractivity (Wildman–Crippen MR) is 66.6 cm³/mol. The normalized spacial score (nSPS) is 10.9. The van der Waals surface area contributed by atoms with Crippen LogP contribution in [0.1, 0.15) is 21.8 Å². The van der Waals surface area contributed by atoms with Crippen LogP contribution in [-0.2, 0) is 4.74 Å². The van der Waals surface area contributed by atoms with Crippen molar-refractivity contribution in [3.63, 3.8) is 0 Å². The first-order chi connectivity index (χ1) is 8.20. The molecule has 2 aromatic heterocycles. The lowest BCUT2D eigenvalue weighted by Gasteiger charge is -2.01. The fraction of sp³-hybridized carbons (Fsp3) is 0.455. The van der Waals surface area contributed by atoms with Gasteiger partial charge >= 0.3 is 0 Å². The Balaban J connectivity index is 1.96. The van der Waals surface area contributed by atoms with Gasteiger partial charge in [0.2, 0.25) is 0 Å². The Morgan fingerprint density at radius 1 is 1.59 bits per heavy atom. The molecule has 2 heterocycles. The number of ether oxygens (including phenoxy) is 1. The molecule has 0 aromatic carbocycles. The third-order valence-electron chi connectivity index (χ3n) is 2.31. The minimum Gasteiger partial charge on any atom is -0.385 e. The number of amides is 1. The maximum atomic E-state index is 11.7. The van der Waals surface area contributed by atoms with Crippen molar-refractivity contribution in [2.75, 3.05) is 20.3 Å². The molecule has 1 N–H and O–H groups in total. The summed E-state index contributed by atoms with van der Waals surface area (Å²) < 4.78 is 6.79. The Morgan fingerprint density at radius 2 is 2.41 bits per heavy atom. The van der Waals surface area contributed by atoms with Crippen LogP contribution >= 0.6 is 11.3 Å². The Kier molecular flexibility index (Phi) is 3.75. The molecule has 2 aromatic rings. The summed E-state index contributed by atoms with van der Waals surface area (Å²) in [5.41, 5.74) is 0.466. The number of aryl methyl sites for hydroxylation is 1. The summed E-state index contributed by atoms with van der Waals surface area (Å²) in [5.74, 6) is -0.130. The molecule has 0 aliphatic rings. The van der Waals surface area contributed by atoms with Gasteiger partial charge in [-0.2, -0.15) is 0 Å². The van der Waals surface area contributed by atoms with E-state index in [0.717, 1.165) is 11.4 Å². The topological polar surface area (TPSA) is 55.6 Å². The molecular formula is C11H15N3O2S. The van der Waals surface area contributed by atoms with Crippen molar-refractivity contribution in [2.45, 2.75) is 13.3 Å². The van der Waals surface area contributed by atoms with E-state index in [1.54, 1.807) is 24.6 Å². The van der Waals surface area contributed by atoms with Gasteiger partial charge in [-0.05, 0) is 13.3 Å². The summed E-state index contributed by atoms with van der Waals surface area (Å²) in [4.78, 5) is 18.0. The Hall–Kier alpha value is -1.40. The molecule has 92 valence electrons. The van der Waals surface area contributed by atoms with Crippen molar-refractivity contribution in [1.29, 1.82) is 0 Å². The number of aromatic nitrogens is 2. The number of thiazole rings is 1. The van der Waals surface area contributed by atoms with Crippen molar-refractivity contribution >= 4 is 22.2 Å². The summed E-state index contributed by atoms with van der Waals surface area (Å²) in [7, 11) is 1.65. The Labute approximate surface area is 103 Å². The van der Waals surface area contributed by atoms with Crippen molar-refractivity contribution in [1.82, 2.24) is 14.7 Å². The highest BCUT2D eigenvalue weighted by molar-refractivity contribution is 7.17. The second kappa shape index (κ2) is 5.29. The predicted octanol–water partition coefficient (Wildman–Crippen LogP) is 1.47. The van der Waals surface area contributed by atoms with Gasteiger partial charge in [-0.3, -0.25) is 9.20 Å². The number of methoxy groups -OCH3 is 1. The molecule has 2 rings (SSSR count). The highest BCUT2D eigenvalue weighted by Crippen LogP contribution is 2.16. The molecule has 0 radical (unpaired) electrons. The second-order valence-electron chi connectivity index (χ2n) is 3.76. The van der Waals surface area contributed by atoms with Crippen molar-refractivity contribution in [3.8, 4) is 0 Å². The minimum atomic E-state index is -0.130. The number of nitrogens with zero attached hydrogens (tertiary/aromatic N) is 2. The summed E-state index contributed by atoms with van der Waals surface area (Å²) in [6.45, 7) is 3.28. The maximum absolute atomic E-state index is 11.7. The molecule has 0 saturated carbocycles. The van der Waals surface area contributed by atoms with Gasteiger partial charge in [0, 0.05) is 37.5 Å². The summed E-state index contributed by atoms with van der Waals surface area (Å²) in [6, 6.07) is 0. The number of hydrogen-bond donors (Lipinski definition) is 1. The average Bonchev–Trinajstić information content (AvgIpc) is 2.81. The number of imidazole rings is 1. The molecular weight excluding hydrogens is 238 g/mol. The molecule has 0 atom stereocenters. The molecule has 17 heavy (non-hydrogen) atoms. The lowest BCUT2D eigenvalue weighted by molar-refractivity contribution is 0.0944.